The fraction of sp³-hybridized carbons (Fsp3) is 0.263. The lowest BCUT2D eigenvalue weighted by atomic mass is 10.1. The number of rotatable bonds is 7. The molecule has 0 saturated heterocycles. The number of nitro groups is 1. The second-order valence-corrected chi connectivity index (χ2v) is 5.85. The van der Waals surface area contributed by atoms with Crippen LogP contribution in [0.15, 0.2) is 48.5 Å². The monoisotopic (exact) mass is 356 g/mol. The fourth-order valence-corrected chi connectivity index (χ4v) is 2.43. The molecule has 0 aliphatic carbocycles. The predicted molar refractivity (Wildman–Crippen MR) is 95.6 cm³/mol. The molecule has 0 heterocycles. The minimum absolute atomic E-state index is 0.0447. The SMILES string of the molecule is COC(=O)CCN(Cc1ccc(C)cc1)C(=O)c1cccc([N+](=O)[O-])c1. The smallest absolute Gasteiger partial charge is 0.307 e. The Morgan fingerprint density at radius 2 is 1.85 bits per heavy atom. The number of aryl methyl sites for hydroxylation is 1. The lowest BCUT2D eigenvalue weighted by Gasteiger charge is -2.22. The Balaban J connectivity index is 2.24. The quantitative estimate of drug-likeness (QED) is 0.432. The van der Waals surface area contributed by atoms with Crippen molar-refractivity contribution in [1.82, 2.24) is 4.90 Å². The number of benzene rings is 2. The molecule has 0 saturated carbocycles. The van der Waals surface area contributed by atoms with Crippen LogP contribution >= 0.6 is 0 Å². The summed E-state index contributed by atoms with van der Waals surface area (Å²) in [5.41, 5.74) is 2.05. The van der Waals surface area contributed by atoms with Crippen molar-refractivity contribution in [2.75, 3.05) is 13.7 Å². The number of nitrogens with zero attached hydrogens (tertiary/aromatic N) is 2. The van der Waals surface area contributed by atoms with E-state index in [-0.39, 0.29) is 30.1 Å². The number of hydrogen-bond donors (Lipinski definition) is 0. The van der Waals surface area contributed by atoms with Gasteiger partial charge in [0.2, 0.25) is 0 Å². The number of esters is 1. The van der Waals surface area contributed by atoms with Gasteiger partial charge in [-0.25, -0.2) is 0 Å². The van der Waals surface area contributed by atoms with E-state index in [2.05, 4.69) is 4.74 Å². The predicted octanol–water partition coefficient (Wildman–Crippen LogP) is 3.11. The minimum Gasteiger partial charge on any atom is -0.469 e. The van der Waals surface area contributed by atoms with Gasteiger partial charge in [-0.2, -0.15) is 0 Å². The average molecular weight is 356 g/mol. The van der Waals surface area contributed by atoms with Gasteiger partial charge >= 0.3 is 5.97 Å². The number of non-ortho nitro benzene ring substituents is 1. The van der Waals surface area contributed by atoms with Gasteiger partial charge in [-0.3, -0.25) is 19.7 Å². The summed E-state index contributed by atoms with van der Waals surface area (Å²) in [5, 5.41) is 10.9. The van der Waals surface area contributed by atoms with E-state index in [4.69, 9.17) is 0 Å². The van der Waals surface area contributed by atoms with Gasteiger partial charge in [0.15, 0.2) is 0 Å². The van der Waals surface area contributed by atoms with Crippen molar-refractivity contribution in [3.63, 3.8) is 0 Å². The summed E-state index contributed by atoms with van der Waals surface area (Å²) in [4.78, 5) is 36.2. The lowest BCUT2D eigenvalue weighted by molar-refractivity contribution is -0.384. The molecule has 7 nitrogen and oxygen atoms in total. The second-order valence-electron chi connectivity index (χ2n) is 5.85. The number of methoxy groups -OCH3 is 1. The molecule has 0 aliphatic rings. The first-order valence-electron chi connectivity index (χ1n) is 8.07. The van der Waals surface area contributed by atoms with Crippen LogP contribution in [-0.2, 0) is 16.1 Å². The molecule has 0 aromatic heterocycles. The van der Waals surface area contributed by atoms with Gasteiger partial charge in [0.25, 0.3) is 11.6 Å². The third-order valence-corrected chi connectivity index (χ3v) is 3.90. The van der Waals surface area contributed by atoms with Crippen LogP contribution in [0.25, 0.3) is 0 Å². The molecule has 0 spiro atoms. The molecule has 2 aromatic rings. The first-order chi connectivity index (χ1) is 12.4. The molecule has 1 amide bonds. The zero-order valence-electron chi connectivity index (χ0n) is 14.7. The Bertz CT molecular complexity index is 802. The minimum atomic E-state index is -0.546. The van der Waals surface area contributed by atoms with E-state index in [1.165, 1.54) is 36.3 Å². The molecule has 0 N–H and O–H groups in total. The molecule has 136 valence electrons. The molecule has 2 rings (SSSR count). The van der Waals surface area contributed by atoms with Crippen molar-refractivity contribution in [3.05, 3.63) is 75.3 Å². The average Bonchev–Trinajstić information content (AvgIpc) is 2.65. The van der Waals surface area contributed by atoms with Crippen molar-refractivity contribution in [1.29, 1.82) is 0 Å². The highest BCUT2D eigenvalue weighted by Gasteiger charge is 2.19. The fourth-order valence-electron chi connectivity index (χ4n) is 2.43. The first kappa shape index (κ1) is 19.1. The van der Waals surface area contributed by atoms with Crippen LogP contribution < -0.4 is 0 Å². The summed E-state index contributed by atoms with van der Waals surface area (Å²) >= 11 is 0. The lowest BCUT2D eigenvalue weighted by Crippen LogP contribution is -2.32. The molecule has 0 atom stereocenters. The van der Waals surface area contributed by atoms with E-state index in [1.807, 2.05) is 31.2 Å². The zero-order valence-corrected chi connectivity index (χ0v) is 14.7. The third-order valence-electron chi connectivity index (χ3n) is 3.90. The summed E-state index contributed by atoms with van der Waals surface area (Å²) in [6, 6.07) is 13.2. The molecule has 2 aromatic carbocycles. The summed E-state index contributed by atoms with van der Waals surface area (Å²) in [7, 11) is 1.29. The van der Waals surface area contributed by atoms with Crippen molar-refractivity contribution in [3.8, 4) is 0 Å². The van der Waals surface area contributed by atoms with Gasteiger partial charge in [-0.15, -0.1) is 0 Å². The van der Waals surface area contributed by atoms with Gasteiger partial charge in [-0.1, -0.05) is 35.9 Å². The zero-order chi connectivity index (χ0) is 19.1. The Labute approximate surface area is 151 Å². The van der Waals surface area contributed by atoms with Gasteiger partial charge in [0.1, 0.15) is 0 Å². The number of nitro benzene ring substituents is 1. The van der Waals surface area contributed by atoms with Crippen LogP contribution in [0.4, 0.5) is 5.69 Å². The number of carbonyl (C=O) groups excluding carboxylic acids is 2. The third kappa shape index (κ3) is 5.14. The normalized spacial score (nSPS) is 10.2. The molecular weight excluding hydrogens is 336 g/mol. The van der Waals surface area contributed by atoms with Crippen LogP contribution in [0.5, 0.6) is 0 Å². The standard InChI is InChI=1S/C19H20N2O5/c1-14-6-8-15(9-7-14)13-20(11-10-18(22)26-2)19(23)16-4-3-5-17(12-16)21(24)25/h3-9,12H,10-11,13H2,1-2H3. The Hall–Kier alpha value is -3.22. The molecule has 0 aliphatic heterocycles. The topological polar surface area (TPSA) is 89.8 Å². The van der Waals surface area contributed by atoms with E-state index >= 15 is 0 Å². The van der Waals surface area contributed by atoms with Crippen LogP contribution in [0.3, 0.4) is 0 Å². The largest absolute Gasteiger partial charge is 0.469 e. The number of carbonyl (C=O) groups is 2. The second kappa shape index (κ2) is 8.75. The molecule has 0 bridgehead atoms. The highest BCUT2D eigenvalue weighted by atomic mass is 16.6. The van der Waals surface area contributed by atoms with Crippen LogP contribution in [-0.4, -0.2) is 35.4 Å². The van der Waals surface area contributed by atoms with Crippen LogP contribution in [0, 0.1) is 17.0 Å². The van der Waals surface area contributed by atoms with Crippen LogP contribution in [0.1, 0.15) is 27.9 Å². The van der Waals surface area contributed by atoms with Crippen LogP contribution in [0.2, 0.25) is 0 Å². The van der Waals surface area contributed by atoms with E-state index in [0.29, 0.717) is 6.54 Å². The van der Waals surface area contributed by atoms with Crippen molar-refractivity contribution < 1.29 is 19.2 Å². The maximum atomic E-state index is 12.8. The number of hydrogen-bond acceptors (Lipinski definition) is 5. The van der Waals surface area contributed by atoms with E-state index in [1.54, 1.807) is 0 Å². The highest BCUT2D eigenvalue weighted by Crippen LogP contribution is 2.17. The summed E-state index contributed by atoms with van der Waals surface area (Å²) < 4.78 is 4.64. The van der Waals surface area contributed by atoms with Crippen molar-refractivity contribution in [2.24, 2.45) is 0 Å². The van der Waals surface area contributed by atoms with Gasteiger partial charge < -0.3 is 9.64 Å². The van der Waals surface area contributed by atoms with E-state index in [0.717, 1.165) is 11.1 Å². The molecule has 26 heavy (non-hydrogen) atoms. The van der Waals surface area contributed by atoms with E-state index < -0.39 is 10.9 Å². The maximum absolute atomic E-state index is 12.8. The van der Waals surface area contributed by atoms with Gasteiger partial charge in [0.05, 0.1) is 18.5 Å². The molecular formula is C19H20N2O5. The Morgan fingerprint density at radius 3 is 2.46 bits per heavy atom. The van der Waals surface area contributed by atoms with E-state index in [9.17, 15) is 19.7 Å². The molecule has 7 heteroatoms. The molecule has 0 radical (unpaired) electrons. The highest BCUT2D eigenvalue weighted by molar-refractivity contribution is 5.95. The number of ether oxygens (including phenoxy) is 1. The summed E-state index contributed by atoms with van der Waals surface area (Å²) in [6.07, 6.45) is 0.0447. The molecule has 0 fully saturated rings. The summed E-state index contributed by atoms with van der Waals surface area (Å²) in [6.45, 7) is 2.41. The van der Waals surface area contributed by atoms with Gasteiger partial charge in [-0.05, 0) is 18.6 Å². The van der Waals surface area contributed by atoms with Gasteiger partial charge in [0, 0.05) is 30.8 Å². The van der Waals surface area contributed by atoms with Crippen molar-refractivity contribution in [2.45, 2.75) is 19.9 Å². The summed E-state index contributed by atoms with van der Waals surface area (Å²) in [5.74, 6) is -0.802. The van der Waals surface area contributed by atoms with Crippen molar-refractivity contribution >= 4 is 17.6 Å². The Kier molecular flexibility index (Phi) is 6.43. The molecule has 0 unspecified atom stereocenters. The first-order valence-corrected chi connectivity index (χ1v) is 8.07. The number of amides is 1. The maximum Gasteiger partial charge on any atom is 0.307 e. The Morgan fingerprint density at radius 1 is 1.15 bits per heavy atom.